The van der Waals surface area contributed by atoms with Crippen LogP contribution in [0.5, 0.6) is 0 Å². The summed E-state index contributed by atoms with van der Waals surface area (Å²) >= 11 is 12.1. The minimum absolute atomic E-state index is 0.0179. The Labute approximate surface area is 189 Å². The van der Waals surface area contributed by atoms with Crippen molar-refractivity contribution in [2.75, 3.05) is 13.1 Å². The first kappa shape index (κ1) is 21.7. The Morgan fingerprint density at radius 2 is 1.73 bits per heavy atom. The summed E-state index contributed by atoms with van der Waals surface area (Å²) in [5.74, 6) is 1.17. The summed E-state index contributed by atoms with van der Waals surface area (Å²) in [7, 11) is 0. The average molecular weight is 445 g/mol. The third-order valence-corrected chi connectivity index (χ3v) is 7.31. The van der Waals surface area contributed by atoms with Gasteiger partial charge in [0.25, 0.3) is 0 Å². The zero-order valence-corrected chi connectivity index (χ0v) is 19.0. The van der Waals surface area contributed by atoms with Gasteiger partial charge in [-0.2, -0.15) is 0 Å². The van der Waals surface area contributed by atoms with E-state index in [-0.39, 0.29) is 17.9 Å². The van der Waals surface area contributed by atoms with Crippen LogP contribution in [0.4, 0.5) is 0 Å². The van der Waals surface area contributed by atoms with Crippen LogP contribution in [-0.2, 0) is 11.2 Å². The first-order valence-corrected chi connectivity index (χ1v) is 11.8. The van der Waals surface area contributed by atoms with Crippen molar-refractivity contribution in [3.8, 4) is 0 Å². The van der Waals surface area contributed by atoms with E-state index in [9.17, 15) is 4.79 Å². The molecule has 0 aromatic heterocycles. The quantitative estimate of drug-likeness (QED) is 0.566. The van der Waals surface area contributed by atoms with Crippen LogP contribution in [0.25, 0.3) is 0 Å². The molecule has 4 rings (SSSR count). The molecule has 5 heteroatoms. The van der Waals surface area contributed by atoms with Gasteiger partial charge in [0, 0.05) is 47.6 Å². The van der Waals surface area contributed by atoms with Crippen molar-refractivity contribution in [3.05, 3.63) is 69.7 Å². The lowest BCUT2D eigenvalue weighted by Gasteiger charge is -2.28. The van der Waals surface area contributed by atoms with E-state index in [4.69, 9.17) is 23.2 Å². The van der Waals surface area contributed by atoms with Gasteiger partial charge < -0.3 is 5.32 Å². The van der Waals surface area contributed by atoms with Crippen molar-refractivity contribution >= 4 is 29.1 Å². The van der Waals surface area contributed by atoms with Crippen LogP contribution in [0.2, 0.25) is 10.0 Å². The number of nitrogens with zero attached hydrogens (tertiary/aromatic N) is 1. The predicted octanol–water partition coefficient (Wildman–Crippen LogP) is 5.70. The van der Waals surface area contributed by atoms with Crippen LogP contribution < -0.4 is 5.32 Å². The number of carbonyl (C=O) groups is 1. The molecule has 2 aromatic rings. The van der Waals surface area contributed by atoms with Gasteiger partial charge in [-0.3, -0.25) is 9.69 Å². The number of halogens is 2. The highest BCUT2D eigenvalue weighted by molar-refractivity contribution is 6.30. The Morgan fingerprint density at radius 3 is 2.33 bits per heavy atom. The Balaban J connectivity index is 1.39. The summed E-state index contributed by atoms with van der Waals surface area (Å²) in [6.45, 7) is 4.16. The number of rotatable bonds is 8. The second kappa shape index (κ2) is 9.72. The van der Waals surface area contributed by atoms with Crippen molar-refractivity contribution in [1.29, 1.82) is 0 Å². The molecule has 1 N–H and O–H groups in total. The van der Waals surface area contributed by atoms with Gasteiger partial charge in [0.05, 0.1) is 0 Å². The number of hydrogen-bond donors (Lipinski definition) is 1. The highest BCUT2D eigenvalue weighted by Gasteiger charge is 2.37. The summed E-state index contributed by atoms with van der Waals surface area (Å²) in [6.07, 6.45) is 5.41. The van der Waals surface area contributed by atoms with Crippen molar-refractivity contribution in [2.24, 2.45) is 5.92 Å². The van der Waals surface area contributed by atoms with Gasteiger partial charge in [-0.25, -0.2) is 0 Å². The first-order valence-electron chi connectivity index (χ1n) is 11.0. The lowest BCUT2D eigenvalue weighted by Crippen LogP contribution is -2.40. The largest absolute Gasteiger partial charge is 0.353 e. The fraction of sp³-hybridized carbons (Fsp3) is 0.480. The summed E-state index contributed by atoms with van der Waals surface area (Å²) in [4.78, 5) is 15.2. The van der Waals surface area contributed by atoms with E-state index in [0.29, 0.717) is 12.5 Å². The lowest BCUT2D eigenvalue weighted by atomic mass is 9.86. The number of nitrogens with one attached hydrogen (secondary N) is 1. The molecular weight excluding hydrogens is 415 g/mol. The minimum atomic E-state index is 0.0179. The molecule has 1 saturated heterocycles. The second-order valence-corrected chi connectivity index (χ2v) is 9.80. The number of fused-ring (bicyclic) bond motifs is 2. The van der Waals surface area contributed by atoms with Gasteiger partial charge in [0.15, 0.2) is 0 Å². The lowest BCUT2D eigenvalue weighted by molar-refractivity contribution is -0.122. The van der Waals surface area contributed by atoms with Crippen LogP contribution in [0, 0.1) is 5.92 Å². The molecule has 1 saturated carbocycles. The third-order valence-electron chi connectivity index (χ3n) is 6.81. The van der Waals surface area contributed by atoms with Crippen molar-refractivity contribution in [2.45, 2.75) is 57.0 Å². The van der Waals surface area contributed by atoms with E-state index in [0.717, 1.165) is 28.9 Å². The van der Waals surface area contributed by atoms with E-state index < -0.39 is 0 Å². The maximum atomic E-state index is 12.7. The topological polar surface area (TPSA) is 32.3 Å². The van der Waals surface area contributed by atoms with Crippen LogP contribution in [0.3, 0.4) is 0 Å². The van der Waals surface area contributed by atoms with E-state index in [1.54, 1.807) is 0 Å². The zero-order valence-electron chi connectivity index (χ0n) is 17.5. The van der Waals surface area contributed by atoms with Crippen LogP contribution in [0.1, 0.15) is 49.7 Å². The molecule has 0 spiro atoms. The van der Waals surface area contributed by atoms with E-state index in [1.807, 2.05) is 24.3 Å². The molecule has 1 aliphatic heterocycles. The molecule has 2 aliphatic rings. The molecule has 160 valence electrons. The number of likely N-dealkylation sites (tertiary alicyclic amines) is 1. The molecule has 2 fully saturated rings. The number of benzene rings is 2. The van der Waals surface area contributed by atoms with Crippen molar-refractivity contribution in [1.82, 2.24) is 10.2 Å². The molecule has 1 aliphatic carbocycles. The van der Waals surface area contributed by atoms with Gasteiger partial charge in [-0.15, -0.1) is 0 Å². The Morgan fingerprint density at radius 1 is 1.07 bits per heavy atom. The molecule has 3 nitrogen and oxygen atoms in total. The molecule has 4 atom stereocenters. The number of amides is 1. The second-order valence-electron chi connectivity index (χ2n) is 8.92. The highest BCUT2D eigenvalue weighted by atomic mass is 35.5. The van der Waals surface area contributed by atoms with E-state index >= 15 is 0 Å². The van der Waals surface area contributed by atoms with Crippen LogP contribution >= 0.6 is 23.2 Å². The van der Waals surface area contributed by atoms with Gasteiger partial charge in [0.2, 0.25) is 5.91 Å². The smallest absolute Gasteiger partial charge is 0.221 e. The SMILES string of the molecule is C[C@@H](NC(=O)CCN1CC2CCC1C2)[C@H](Cc1ccc(Cl)cc1)c1ccc(Cl)cc1. The Kier molecular flexibility index (Phi) is 7.02. The maximum Gasteiger partial charge on any atom is 0.221 e. The third kappa shape index (κ3) is 5.38. The average Bonchev–Trinajstić information content (AvgIpc) is 3.36. The molecule has 2 aromatic carbocycles. The standard InChI is InChI=1S/C25H30Cl2N2O/c1-17(28-25(30)12-13-29-16-19-4-11-23(29)14-19)24(20-5-9-22(27)10-6-20)15-18-2-7-21(26)8-3-18/h2-3,5-10,17,19,23-24H,4,11-16H2,1H3,(H,28,30)/t17-,19?,23?,24+/m1/s1. The monoisotopic (exact) mass is 444 g/mol. The van der Waals surface area contributed by atoms with E-state index in [2.05, 4.69) is 41.4 Å². The van der Waals surface area contributed by atoms with Gasteiger partial charge >= 0.3 is 0 Å². The fourth-order valence-electron chi connectivity index (χ4n) is 5.14. The van der Waals surface area contributed by atoms with Gasteiger partial charge in [-0.1, -0.05) is 47.5 Å². The molecule has 2 unspecified atom stereocenters. The number of piperidine rings is 1. The normalized spacial score (nSPS) is 22.8. The maximum absolute atomic E-state index is 12.7. The minimum Gasteiger partial charge on any atom is -0.353 e. The van der Waals surface area contributed by atoms with Crippen molar-refractivity contribution < 1.29 is 4.79 Å². The van der Waals surface area contributed by atoms with Gasteiger partial charge in [-0.05, 0) is 73.9 Å². The zero-order chi connectivity index (χ0) is 21.1. The molecular formula is C25H30Cl2N2O. The highest BCUT2D eigenvalue weighted by Crippen LogP contribution is 2.37. The molecule has 0 radical (unpaired) electrons. The van der Waals surface area contributed by atoms with E-state index in [1.165, 1.54) is 36.9 Å². The first-order chi connectivity index (χ1) is 14.5. The van der Waals surface area contributed by atoms with Crippen LogP contribution in [-0.4, -0.2) is 36.0 Å². The molecule has 1 heterocycles. The predicted molar refractivity (Wildman–Crippen MR) is 124 cm³/mol. The summed E-state index contributed by atoms with van der Waals surface area (Å²) < 4.78 is 0. The molecule has 2 bridgehead atoms. The summed E-state index contributed by atoms with van der Waals surface area (Å²) in [5.41, 5.74) is 2.38. The van der Waals surface area contributed by atoms with Crippen molar-refractivity contribution in [3.63, 3.8) is 0 Å². The Bertz CT molecular complexity index is 852. The molecule has 30 heavy (non-hydrogen) atoms. The molecule has 1 amide bonds. The van der Waals surface area contributed by atoms with Crippen LogP contribution in [0.15, 0.2) is 48.5 Å². The number of hydrogen-bond acceptors (Lipinski definition) is 2. The summed E-state index contributed by atoms with van der Waals surface area (Å²) in [6, 6.07) is 16.6. The number of carbonyl (C=O) groups excluding carboxylic acids is 1. The summed E-state index contributed by atoms with van der Waals surface area (Å²) in [5, 5.41) is 4.73. The fourth-order valence-corrected chi connectivity index (χ4v) is 5.39. The Hall–Kier alpha value is -1.55. The van der Waals surface area contributed by atoms with Gasteiger partial charge in [0.1, 0.15) is 0 Å².